The van der Waals surface area contributed by atoms with E-state index in [1.54, 1.807) is 24.3 Å². The van der Waals surface area contributed by atoms with E-state index in [9.17, 15) is 4.79 Å². The van der Waals surface area contributed by atoms with Crippen molar-refractivity contribution in [1.82, 2.24) is 0 Å². The smallest absolute Gasteiger partial charge is 0.335 e. The molecule has 0 aliphatic heterocycles. The van der Waals surface area contributed by atoms with E-state index in [0.29, 0.717) is 17.6 Å². The van der Waals surface area contributed by atoms with Gasteiger partial charge in [-0.15, -0.1) is 0 Å². The molecule has 0 radical (unpaired) electrons. The van der Waals surface area contributed by atoms with Crippen LogP contribution < -0.4 is 4.74 Å². The van der Waals surface area contributed by atoms with Crippen molar-refractivity contribution < 1.29 is 14.6 Å². The van der Waals surface area contributed by atoms with E-state index in [2.05, 4.69) is 13.8 Å². The Morgan fingerprint density at radius 2 is 2.24 bits per heavy atom. The van der Waals surface area contributed by atoms with Crippen LogP contribution in [0.5, 0.6) is 5.75 Å². The van der Waals surface area contributed by atoms with E-state index in [1.807, 2.05) is 11.8 Å². The Labute approximate surface area is 106 Å². The highest BCUT2D eigenvalue weighted by atomic mass is 32.2. The predicted molar refractivity (Wildman–Crippen MR) is 71.1 cm³/mol. The van der Waals surface area contributed by atoms with Crippen LogP contribution in [-0.2, 0) is 0 Å². The molecule has 0 spiro atoms. The summed E-state index contributed by atoms with van der Waals surface area (Å²) >= 11 is 1.90. The summed E-state index contributed by atoms with van der Waals surface area (Å²) in [6.07, 6.45) is 0.972. The molecule has 3 nitrogen and oxygen atoms in total. The minimum Gasteiger partial charge on any atom is -0.494 e. The number of hydrogen-bond donors (Lipinski definition) is 1. The molecule has 1 N–H and O–H groups in total. The van der Waals surface area contributed by atoms with Gasteiger partial charge in [0.05, 0.1) is 12.2 Å². The summed E-state index contributed by atoms with van der Waals surface area (Å²) in [5.41, 5.74) is 0.263. The van der Waals surface area contributed by atoms with Crippen molar-refractivity contribution in [1.29, 1.82) is 0 Å². The van der Waals surface area contributed by atoms with Crippen LogP contribution in [0.3, 0.4) is 0 Å². The number of carboxylic acid groups (broad SMARTS) is 1. The van der Waals surface area contributed by atoms with Crippen LogP contribution in [0.25, 0.3) is 0 Å². The van der Waals surface area contributed by atoms with Crippen LogP contribution in [0.2, 0.25) is 0 Å². The van der Waals surface area contributed by atoms with Crippen molar-refractivity contribution in [2.45, 2.75) is 25.5 Å². The minimum atomic E-state index is -0.925. The molecule has 1 rings (SSSR count). The van der Waals surface area contributed by atoms with E-state index >= 15 is 0 Å². The molecule has 1 aromatic rings. The standard InChI is InChI=1S/C13H18O3S/c1-10(2)17-8-4-7-16-12-6-3-5-11(9-12)13(14)15/h3,5-6,9-10H,4,7-8H2,1-2H3,(H,14,15). The lowest BCUT2D eigenvalue weighted by molar-refractivity contribution is 0.0696. The first-order valence-corrected chi connectivity index (χ1v) is 6.72. The third kappa shape index (κ3) is 5.63. The summed E-state index contributed by atoms with van der Waals surface area (Å²) in [7, 11) is 0. The summed E-state index contributed by atoms with van der Waals surface area (Å²) in [6.45, 7) is 4.96. The Bertz CT molecular complexity index is 363. The number of carboxylic acids is 1. The molecule has 4 heteroatoms. The lowest BCUT2D eigenvalue weighted by atomic mass is 10.2. The number of hydrogen-bond acceptors (Lipinski definition) is 3. The van der Waals surface area contributed by atoms with Crippen LogP contribution in [-0.4, -0.2) is 28.7 Å². The second-order valence-corrected chi connectivity index (χ2v) is 5.64. The Morgan fingerprint density at radius 3 is 2.88 bits per heavy atom. The fourth-order valence-electron chi connectivity index (χ4n) is 1.29. The van der Waals surface area contributed by atoms with Crippen molar-refractivity contribution in [2.24, 2.45) is 0 Å². The average Bonchev–Trinajstić information content (AvgIpc) is 2.28. The fraction of sp³-hybridized carbons (Fsp3) is 0.462. The third-order valence-corrected chi connectivity index (χ3v) is 3.28. The zero-order valence-corrected chi connectivity index (χ0v) is 11.0. The maximum absolute atomic E-state index is 10.7. The lowest BCUT2D eigenvalue weighted by Gasteiger charge is -2.07. The number of carbonyl (C=O) groups is 1. The first kappa shape index (κ1) is 13.9. The van der Waals surface area contributed by atoms with E-state index in [0.717, 1.165) is 12.2 Å². The van der Waals surface area contributed by atoms with Crippen molar-refractivity contribution in [3.8, 4) is 5.75 Å². The summed E-state index contributed by atoms with van der Waals surface area (Å²) in [6, 6.07) is 6.59. The first-order valence-electron chi connectivity index (χ1n) is 5.67. The van der Waals surface area contributed by atoms with Crippen LogP contribution in [0.4, 0.5) is 0 Å². The Kier molecular flexibility index (Phi) is 5.91. The normalized spacial score (nSPS) is 10.5. The summed E-state index contributed by atoms with van der Waals surface area (Å²) in [4.78, 5) is 10.7. The van der Waals surface area contributed by atoms with Crippen LogP contribution >= 0.6 is 11.8 Å². The highest BCUT2D eigenvalue weighted by Crippen LogP contribution is 2.15. The summed E-state index contributed by atoms with van der Waals surface area (Å²) < 4.78 is 5.50. The molecule has 1 aromatic carbocycles. The van der Waals surface area contributed by atoms with Crippen LogP contribution in [0, 0.1) is 0 Å². The monoisotopic (exact) mass is 254 g/mol. The molecular formula is C13H18O3S. The molecule has 17 heavy (non-hydrogen) atoms. The first-order chi connectivity index (χ1) is 8.09. The van der Waals surface area contributed by atoms with Gasteiger partial charge in [0.15, 0.2) is 0 Å². The van der Waals surface area contributed by atoms with Crippen molar-refractivity contribution in [2.75, 3.05) is 12.4 Å². The van der Waals surface area contributed by atoms with Gasteiger partial charge in [0.2, 0.25) is 0 Å². The highest BCUT2D eigenvalue weighted by Gasteiger charge is 2.03. The van der Waals surface area contributed by atoms with Gasteiger partial charge in [0.1, 0.15) is 5.75 Å². The Balaban J connectivity index is 2.31. The second kappa shape index (κ2) is 7.22. The molecule has 0 saturated heterocycles. The molecule has 0 aliphatic carbocycles. The predicted octanol–water partition coefficient (Wildman–Crippen LogP) is 3.30. The van der Waals surface area contributed by atoms with E-state index in [4.69, 9.17) is 9.84 Å². The molecule has 94 valence electrons. The molecule has 0 amide bonds. The Hall–Kier alpha value is -1.16. The molecule has 0 aromatic heterocycles. The SMILES string of the molecule is CC(C)SCCCOc1cccc(C(=O)O)c1. The Morgan fingerprint density at radius 1 is 1.47 bits per heavy atom. The average molecular weight is 254 g/mol. The van der Waals surface area contributed by atoms with Gasteiger partial charge in [-0.3, -0.25) is 0 Å². The fourth-order valence-corrected chi connectivity index (χ4v) is 2.04. The second-order valence-electron chi connectivity index (χ2n) is 3.95. The van der Waals surface area contributed by atoms with E-state index in [-0.39, 0.29) is 5.56 Å². The van der Waals surface area contributed by atoms with Gasteiger partial charge in [-0.05, 0) is 35.6 Å². The highest BCUT2D eigenvalue weighted by molar-refractivity contribution is 7.99. The number of aromatic carboxylic acids is 1. The zero-order valence-electron chi connectivity index (χ0n) is 10.2. The lowest BCUT2D eigenvalue weighted by Crippen LogP contribution is -2.02. The van der Waals surface area contributed by atoms with Crippen LogP contribution in [0.1, 0.15) is 30.6 Å². The van der Waals surface area contributed by atoms with Crippen molar-refractivity contribution in [3.05, 3.63) is 29.8 Å². The molecule has 0 bridgehead atoms. The van der Waals surface area contributed by atoms with Gasteiger partial charge < -0.3 is 9.84 Å². The minimum absolute atomic E-state index is 0.263. The summed E-state index contributed by atoms with van der Waals surface area (Å²) in [5, 5.41) is 9.46. The molecule has 0 fully saturated rings. The van der Waals surface area contributed by atoms with E-state index in [1.165, 1.54) is 0 Å². The molecule has 0 atom stereocenters. The molecule has 0 aliphatic rings. The summed E-state index contributed by atoms with van der Waals surface area (Å²) in [5.74, 6) is 0.765. The topological polar surface area (TPSA) is 46.5 Å². The van der Waals surface area contributed by atoms with Gasteiger partial charge in [-0.25, -0.2) is 4.79 Å². The van der Waals surface area contributed by atoms with Gasteiger partial charge in [0.25, 0.3) is 0 Å². The maximum Gasteiger partial charge on any atom is 0.335 e. The number of benzene rings is 1. The number of rotatable bonds is 7. The van der Waals surface area contributed by atoms with Gasteiger partial charge >= 0.3 is 5.97 Å². The van der Waals surface area contributed by atoms with Crippen molar-refractivity contribution in [3.63, 3.8) is 0 Å². The van der Waals surface area contributed by atoms with Crippen molar-refractivity contribution >= 4 is 17.7 Å². The maximum atomic E-state index is 10.7. The third-order valence-electron chi connectivity index (χ3n) is 2.09. The quantitative estimate of drug-likeness (QED) is 0.758. The van der Waals surface area contributed by atoms with Crippen LogP contribution in [0.15, 0.2) is 24.3 Å². The molecule has 0 unspecified atom stereocenters. The largest absolute Gasteiger partial charge is 0.494 e. The molecular weight excluding hydrogens is 236 g/mol. The van der Waals surface area contributed by atoms with Gasteiger partial charge in [-0.1, -0.05) is 19.9 Å². The van der Waals surface area contributed by atoms with Gasteiger partial charge in [0, 0.05) is 0 Å². The van der Waals surface area contributed by atoms with Gasteiger partial charge in [-0.2, -0.15) is 11.8 Å². The zero-order chi connectivity index (χ0) is 12.7. The molecule has 0 saturated carbocycles. The molecule has 0 heterocycles. The van der Waals surface area contributed by atoms with E-state index < -0.39 is 5.97 Å². The number of thioether (sulfide) groups is 1. The number of ether oxygens (including phenoxy) is 1.